The Hall–Kier alpha value is -0.730. The third-order valence-electron chi connectivity index (χ3n) is 1.44. The SMILES string of the molecule is CC1(C)CNN=C(N)C1. The van der Waals surface area contributed by atoms with Gasteiger partial charge in [-0.05, 0) is 5.41 Å². The van der Waals surface area contributed by atoms with Gasteiger partial charge in [-0.1, -0.05) is 13.8 Å². The van der Waals surface area contributed by atoms with Gasteiger partial charge < -0.3 is 11.2 Å². The van der Waals surface area contributed by atoms with Crippen molar-refractivity contribution >= 4 is 5.84 Å². The zero-order chi connectivity index (χ0) is 6.91. The second kappa shape index (κ2) is 1.90. The summed E-state index contributed by atoms with van der Waals surface area (Å²) in [6.45, 7) is 5.26. The van der Waals surface area contributed by atoms with Gasteiger partial charge >= 0.3 is 0 Å². The lowest BCUT2D eigenvalue weighted by molar-refractivity contribution is 0.340. The van der Waals surface area contributed by atoms with Crippen LogP contribution in [0.25, 0.3) is 0 Å². The second-order valence-electron chi connectivity index (χ2n) is 3.28. The molecule has 3 heteroatoms. The highest BCUT2D eigenvalue weighted by Crippen LogP contribution is 2.20. The number of hydrogen-bond donors (Lipinski definition) is 2. The molecule has 0 aromatic heterocycles. The molecule has 0 aromatic rings. The maximum atomic E-state index is 5.50. The number of amidine groups is 1. The smallest absolute Gasteiger partial charge is 0.120 e. The van der Waals surface area contributed by atoms with E-state index in [-0.39, 0.29) is 5.41 Å². The molecule has 3 nitrogen and oxygen atoms in total. The van der Waals surface area contributed by atoms with Gasteiger partial charge in [0.1, 0.15) is 5.84 Å². The number of nitrogens with zero attached hydrogens (tertiary/aromatic N) is 1. The predicted octanol–water partition coefficient (Wildman–Crippen LogP) is 0.278. The standard InChI is InChI=1S/C6H13N3/c1-6(2)3-5(7)9-8-4-6/h8H,3-4H2,1-2H3,(H2,7,9). The van der Waals surface area contributed by atoms with Crippen LogP contribution in [0.5, 0.6) is 0 Å². The van der Waals surface area contributed by atoms with Crippen molar-refractivity contribution in [3.63, 3.8) is 0 Å². The van der Waals surface area contributed by atoms with Gasteiger partial charge in [-0.3, -0.25) is 0 Å². The molecular weight excluding hydrogens is 114 g/mol. The first-order chi connectivity index (χ1) is 4.10. The molecule has 1 aliphatic rings. The van der Waals surface area contributed by atoms with E-state index in [2.05, 4.69) is 24.4 Å². The summed E-state index contributed by atoms with van der Waals surface area (Å²) >= 11 is 0. The van der Waals surface area contributed by atoms with Crippen LogP contribution in [0.1, 0.15) is 20.3 Å². The largest absolute Gasteiger partial charge is 0.386 e. The van der Waals surface area contributed by atoms with E-state index in [1.54, 1.807) is 0 Å². The lowest BCUT2D eigenvalue weighted by Gasteiger charge is -2.27. The van der Waals surface area contributed by atoms with Crippen LogP contribution < -0.4 is 11.2 Å². The van der Waals surface area contributed by atoms with Gasteiger partial charge in [-0.25, -0.2) is 0 Å². The molecule has 0 spiro atoms. The second-order valence-corrected chi connectivity index (χ2v) is 3.28. The predicted molar refractivity (Wildman–Crippen MR) is 38.0 cm³/mol. The maximum Gasteiger partial charge on any atom is 0.120 e. The third kappa shape index (κ3) is 1.59. The zero-order valence-electron chi connectivity index (χ0n) is 5.94. The first kappa shape index (κ1) is 6.39. The average molecular weight is 127 g/mol. The minimum atomic E-state index is 0.284. The Balaban J connectivity index is 2.59. The summed E-state index contributed by atoms with van der Waals surface area (Å²) in [5.41, 5.74) is 8.67. The highest BCUT2D eigenvalue weighted by molar-refractivity contribution is 5.81. The number of nitrogens with one attached hydrogen (secondary N) is 1. The molecule has 3 N–H and O–H groups in total. The summed E-state index contributed by atoms with van der Waals surface area (Å²) in [7, 11) is 0. The van der Waals surface area contributed by atoms with Crippen LogP contribution in [-0.2, 0) is 0 Å². The third-order valence-corrected chi connectivity index (χ3v) is 1.44. The first-order valence-electron chi connectivity index (χ1n) is 3.15. The Morgan fingerprint density at radius 3 is 2.67 bits per heavy atom. The molecule has 0 atom stereocenters. The molecule has 0 aromatic carbocycles. The fourth-order valence-corrected chi connectivity index (χ4v) is 0.947. The van der Waals surface area contributed by atoms with Crippen molar-refractivity contribution in [2.24, 2.45) is 16.3 Å². The Morgan fingerprint density at radius 1 is 1.67 bits per heavy atom. The lowest BCUT2D eigenvalue weighted by Crippen LogP contribution is -2.37. The van der Waals surface area contributed by atoms with Crippen LogP contribution in [0.4, 0.5) is 0 Å². The van der Waals surface area contributed by atoms with E-state index in [1.807, 2.05) is 0 Å². The molecule has 0 radical (unpaired) electrons. The molecule has 0 bridgehead atoms. The van der Waals surface area contributed by atoms with Gasteiger partial charge in [0.25, 0.3) is 0 Å². The average Bonchev–Trinajstić information content (AvgIpc) is 1.60. The van der Waals surface area contributed by atoms with Gasteiger partial charge in [-0.2, -0.15) is 5.10 Å². The zero-order valence-corrected chi connectivity index (χ0v) is 5.94. The van der Waals surface area contributed by atoms with Crippen LogP contribution in [0.3, 0.4) is 0 Å². The van der Waals surface area contributed by atoms with Crippen LogP contribution in [0.2, 0.25) is 0 Å². The van der Waals surface area contributed by atoms with Crippen molar-refractivity contribution in [2.45, 2.75) is 20.3 Å². The van der Waals surface area contributed by atoms with E-state index >= 15 is 0 Å². The molecule has 1 rings (SSSR count). The molecule has 52 valence electrons. The van der Waals surface area contributed by atoms with Crippen LogP contribution in [-0.4, -0.2) is 12.4 Å². The fraction of sp³-hybridized carbons (Fsp3) is 0.833. The van der Waals surface area contributed by atoms with Gasteiger partial charge in [0.05, 0.1) is 0 Å². The Morgan fingerprint density at radius 2 is 2.33 bits per heavy atom. The van der Waals surface area contributed by atoms with E-state index in [0.717, 1.165) is 13.0 Å². The molecule has 0 aliphatic carbocycles. The van der Waals surface area contributed by atoms with Crippen molar-refractivity contribution in [2.75, 3.05) is 6.54 Å². The Kier molecular flexibility index (Phi) is 1.35. The lowest BCUT2D eigenvalue weighted by atomic mass is 9.88. The summed E-state index contributed by atoms with van der Waals surface area (Å²) in [6, 6.07) is 0. The highest BCUT2D eigenvalue weighted by atomic mass is 15.3. The first-order valence-corrected chi connectivity index (χ1v) is 3.15. The van der Waals surface area contributed by atoms with Gasteiger partial charge in [0, 0.05) is 13.0 Å². The quantitative estimate of drug-likeness (QED) is 0.491. The van der Waals surface area contributed by atoms with Crippen LogP contribution in [0.15, 0.2) is 5.10 Å². The van der Waals surface area contributed by atoms with Crippen molar-refractivity contribution in [3.8, 4) is 0 Å². The van der Waals surface area contributed by atoms with Crippen molar-refractivity contribution < 1.29 is 0 Å². The van der Waals surface area contributed by atoms with E-state index in [9.17, 15) is 0 Å². The van der Waals surface area contributed by atoms with Crippen LogP contribution in [0, 0.1) is 5.41 Å². The molecule has 0 amide bonds. The molecule has 1 heterocycles. The van der Waals surface area contributed by atoms with E-state index in [1.165, 1.54) is 0 Å². The topological polar surface area (TPSA) is 50.4 Å². The molecule has 0 saturated heterocycles. The number of hydrogen-bond acceptors (Lipinski definition) is 3. The molecule has 1 aliphatic heterocycles. The van der Waals surface area contributed by atoms with Gasteiger partial charge in [-0.15, -0.1) is 0 Å². The molecule has 0 fully saturated rings. The van der Waals surface area contributed by atoms with Gasteiger partial charge in [0.15, 0.2) is 0 Å². The number of hydrazone groups is 1. The van der Waals surface area contributed by atoms with E-state index in [4.69, 9.17) is 5.73 Å². The maximum absolute atomic E-state index is 5.50. The fourth-order valence-electron chi connectivity index (χ4n) is 0.947. The van der Waals surface area contributed by atoms with Crippen molar-refractivity contribution in [1.29, 1.82) is 0 Å². The Bertz CT molecular complexity index is 137. The highest BCUT2D eigenvalue weighted by Gasteiger charge is 2.22. The molecule has 0 unspecified atom stereocenters. The Labute approximate surface area is 55.3 Å². The molecule has 0 saturated carbocycles. The normalized spacial score (nSPS) is 24.4. The summed E-state index contributed by atoms with van der Waals surface area (Å²) in [6.07, 6.45) is 0.903. The summed E-state index contributed by atoms with van der Waals surface area (Å²) < 4.78 is 0. The van der Waals surface area contributed by atoms with Gasteiger partial charge in [0.2, 0.25) is 0 Å². The van der Waals surface area contributed by atoms with Crippen LogP contribution >= 0.6 is 0 Å². The number of rotatable bonds is 0. The number of nitrogens with two attached hydrogens (primary N) is 1. The van der Waals surface area contributed by atoms with Crippen molar-refractivity contribution in [1.82, 2.24) is 5.43 Å². The minimum absolute atomic E-state index is 0.284. The molecular formula is C6H13N3. The van der Waals surface area contributed by atoms with Crippen molar-refractivity contribution in [3.05, 3.63) is 0 Å². The monoisotopic (exact) mass is 127 g/mol. The van der Waals surface area contributed by atoms with E-state index in [0.29, 0.717) is 5.84 Å². The molecule has 9 heavy (non-hydrogen) atoms. The summed E-state index contributed by atoms with van der Waals surface area (Å²) in [4.78, 5) is 0. The summed E-state index contributed by atoms with van der Waals surface area (Å²) in [5, 5.41) is 3.87. The summed E-state index contributed by atoms with van der Waals surface area (Å²) in [5.74, 6) is 0.714. The van der Waals surface area contributed by atoms with E-state index < -0.39 is 0 Å². The minimum Gasteiger partial charge on any atom is -0.386 e.